The van der Waals surface area contributed by atoms with Crippen molar-refractivity contribution < 1.29 is 103 Å². The molecular formula is C59H54F9N27Pt3. The number of halogens is 9. The molecule has 0 aliphatic heterocycles. The Balaban J connectivity index is 0.000000186. The van der Waals surface area contributed by atoms with Crippen LogP contribution in [0, 0.1) is 20.8 Å². The fourth-order valence-corrected chi connectivity index (χ4v) is 8.45. The molecule has 98 heavy (non-hydrogen) atoms. The zero-order valence-electron chi connectivity index (χ0n) is 52.5. The molecule has 12 aromatic heterocycles. The molecule has 14 rings (SSSR count). The van der Waals surface area contributed by atoms with Crippen molar-refractivity contribution in [1.82, 2.24) is 133 Å². The van der Waals surface area contributed by atoms with Gasteiger partial charge in [0, 0.05) is 147 Å². The van der Waals surface area contributed by atoms with E-state index in [1.807, 2.05) is 128 Å². The Morgan fingerprint density at radius 2 is 0.653 bits per heavy atom. The van der Waals surface area contributed by atoms with E-state index in [-0.39, 0.29) is 86.3 Å². The first kappa shape index (κ1) is 77.2. The summed E-state index contributed by atoms with van der Waals surface area (Å²) in [6.07, 6.45) is 6.90. The van der Waals surface area contributed by atoms with E-state index in [1.54, 1.807) is 64.9 Å². The molecule has 0 atom stereocenters. The molecule has 2 aromatic carbocycles. The van der Waals surface area contributed by atoms with Gasteiger partial charge < -0.3 is 88.2 Å². The predicted molar refractivity (Wildman–Crippen MR) is 321 cm³/mol. The number of aromatic nitrogens is 27. The van der Waals surface area contributed by atoms with Crippen LogP contribution in [0.3, 0.4) is 0 Å². The van der Waals surface area contributed by atoms with Crippen LogP contribution in [0.2, 0.25) is 0 Å². The van der Waals surface area contributed by atoms with Crippen molar-refractivity contribution in [3.05, 3.63) is 188 Å². The van der Waals surface area contributed by atoms with Crippen LogP contribution in [0.5, 0.6) is 0 Å². The summed E-state index contributed by atoms with van der Waals surface area (Å²) in [7, 11) is 3.57. The Bertz CT molecular complexity index is 4650. The molecule has 14 aromatic rings. The van der Waals surface area contributed by atoms with E-state index in [0.717, 1.165) is 41.2 Å². The van der Waals surface area contributed by atoms with E-state index >= 15 is 0 Å². The summed E-state index contributed by atoms with van der Waals surface area (Å²) < 4.78 is 122. The standard InChI is InChI=1S/C13H8F3N4.C12H10N5.C10H10F3N4.C9H12N5.C8H6F3N4.C7H8N5.3Pt/c14-13(15,16)11-8-10(18-19-11)12-17-6-7-20(12)9-4-2-1-3-5-9;1-9-14-11(16-15-9)12-13-7-8-17(12)10-5-3-2-4-6-10;1-6(2)17-4-3-14-9(17)7-5-8(16-15-7)10(11,12)13;1-6(2)14-5-4-10-9(14)8-11-7(3)12-13-8;1-15-3-2-12-7(15)5-4-6(14-13-5)8(9,10)11;1-5-9-6(11-10-5)7-8-3-4-12(7)2;;;/h1-8H;2-8H,1H3;3-6H,1-2H3;4-6H,1-3H3;2-4H,1H3;3-4H,1-2H3;;;/q6*-1;3*+2. The number of para-hydroxylation sites is 2. The molecule has 0 bridgehead atoms. The van der Waals surface area contributed by atoms with E-state index in [0.29, 0.717) is 64.3 Å². The third-order valence-electron chi connectivity index (χ3n) is 12.9. The number of hydrogen-bond donors (Lipinski definition) is 0. The van der Waals surface area contributed by atoms with E-state index in [1.165, 1.54) is 18.6 Å². The average Bonchev–Trinajstić information content (AvgIpc) is 1.66. The number of benzene rings is 2. The maximum absolute atomic E-state index is 12.5. The maximum Gasteiger partial charge on any atom is 2.00 e. The van der Waals surface area contributed by atoms with E-state index in [4.69, 9.17) is 0 Å². The summed E-state index contributed by atoms with van der Waals surface area (Å²) in [5, 5.41) is 43.2. The van der Waals surface area contributed by atoms with Crippen LogP contribution in [0.1, 0.15) is 74.3 Å². The molecule has 0 aliphatic carbocycles. The van der Waals surface area contributed by atoms with Crippen LogP contribution in [0.15, 0.2) is 153 Å². The minimum Gasteiger partial charge on any atom is -0.572 e. The number of rotatable bonds is 10. The summed E-state index contributed by atoms with van der Waals surface area (Å²) in [5.74, 6) is 7.04. The smallest absolute Gasteiger partial charge is 0.572 e. The summed E-state index contributed by atoms with van der Waals surface area (Å²) >= 11 is 0. The van der Waals surface area contributed by atoms with Gasteiger partial charge in [0.15, 0.2) is 0 Å². The Hall–Kier alpha value is -9.82. The monoisotopic (exact) mass is 1900 g/mol. The van der Waals surface area contributed by atoms with E-state index < -0.39 is 35.6 Å². The van der Waals surface area contributed by atoms with Crippen LogP contribution < -0.4 is 30.6 Å². The van der Waals surface area contributed by atoms with Crippen LogP contribution in [0.4, 0.5) is 39.5 Å². The summed E-state index contributed by atoms with van der Waals surface area (Å²) in [6, 6.07) is 22.2. The third-order valence-corrected chi connectivity index (χ3v) is 12.9. The van der Waals surface area contributed by atoms with Gasteiger partial charge in [0.05, 0.1) is 0 Å². The van der Waals surface area contributed by atoms with Crippen LogP contribution in [-0.2, 0) is 95.8 Å². The normalized spacial score (nSPS) is 11.1. The second-order valence-electron chi connectivity index (χ2n) is 20.5. The molecule has 0 amide bonds. The molecule has 0 unspecified atom stereocenters. The molecule has 0 spiro atoms. The third kappa shape index (κ3) is 19.7. The van der Waals surface area contributed by atoms with Crippen molar-refractivity contribution in [2.45, 2.75) is 79.1 Å². The summed E-state index contributed by atoms with van der Waals surface area (Å²) in [4.78, 5) is 37.0. The van der Waals surface area contributed by atoms with E-state index in [2.05, 4.69) is 120 Å². The first-order chi connectivity index (χ1) is 45.2. The summed E-state index contributed by atoms with van der Waals surface area (Å²) in [5.41, 5.74) is -0.850. The Kier molecular flexibility index (Phi) is 26.7. The van der Waals surface area contributed by atoms with Crippen molar-refractivity contribution in [3.8, 4) is 80.9 Å². The minimum absolute atomic E-state index is 0. The molecule has 27 nitrogen and oxygen atoms in total. The Morgan fingerprint density at radius 3 is 1.02 bits per heavy atom. The van der Waals surface area contributed by atoms with Crippen molar-refractivity contribution >= 4 is 0 Å². The first-order valence-corrected chi connectivity index (χ1v) is 28.2. The molecule has 39 heteroatoms. The minimum atomic E-state index is -4.50. The van der Waals surface area contributed by atoms with Gasteiger partial charge in [-0.15, -0.1) is 0 Å². The fourth-order valence-electron chi connectivity index (χ4n) is 8.45. The van der Waals surface area contributed by atoms with Crippen LogP contribution >= 0.6 is 0 Å². The number of alkyl halides is 9. The summed E-state index contributed by atoms with van der Waals surface area (Å²) in [6.45, 7) is 13.4. The molecule has 0 radical (unpaired) electrons. The van der Waals surface area contributed by atoms with Gasteiger partial charge in [-0.05, 0) is 90.9 Å². The number of hydrogen-bond acceptors (Lipinski definition) is 15. The van der Waals surface area contributed by atoms with Crippen LogP contribution in [-0.4, -0.2) is 103 Å². The zero-order valence-corrected chi connectivity index (χ0v) is 59.3. The molecule has 0 N–H and O–H groups in total. The second kappa shape index (κ2) is 33.9. The molecule has 0 aliphatic rings. The van der Waals surface area contributed by atoms with Crippen molar-refractivity contribution in [2.24, 2.45) is 14.1 Å². The number of aryl methyl sites for hydroxylation is 5. The van der Waals surface area contributed by atoms with Gasteiger partial charge in [-0.3, -0.25) is 15.3 Å². The maximum atomic E-state index is 12.5. The molecule has 0 fully saturated rings. The SMILES string of the molecule is CC(C)n1ccnc1-c1cc(C(F)(F)F)n[n-]1.Cc1n[n-]c(-c2nccn2-c2ccccc2)n1.Cc1n[n-]c(-c2nccn2C(C)C)n1.Cc1n[n-]c(-c2nccn2C)n1.Cn1ccnc1-c1cc(C(F)(F)F)n[n-]1.FC(F)(F)c1cc(-c2nccn2-c2ccccc2)[n-]n1.[Pt+2].[Pt+2].[Pt+2]. The van der Waals surface area contributed by atoms with Crippen molar-refractivity contribution in [2.75, 3.05) is 0 Å². The Morgan fingerprint density at radius 1 is 0.347 bits per heavy atom. The quantitative estimate of drug-likeness (QED) is 0.115. The van der Waals surface area contributed by atoms with Crippen LogP contribution in [0.25, 0.3) is 80.9 Å². The molecule has 518 valence electrons. The van der Waals surface area contributed by atoms with Crippen molar-refractivity contribution in [3.63, 3.8) is 0 Å². The largest absolute Gasteiger partial charge is 2.00 e. The molecule has 0 saturated carbocycles. The molecular weight excluding hydrogens is 1840 g/mol. The van der Waals surface area contributed by atoms with Gasteiger partial charge in [-0.2, -0.15) is 39.5 Å². The van der Waals surface area contributed by atoms with E-state index in [9.17, 15) is 39.5 Å². The van der Waals surface area contributed by atoms with Gasteiger partial charge in [0.2, 0.25) is 0 Å². The Labute approximate surface area is 594 Å². The molecule has 0 saturated heterocycles. The van der Waals surface area contributed by atoms with Gasteiger partial charge >= 0.3 is 81.7 Å². The molecule has 12 heterocycles. The first-order valence-electron chi connectivity index (χ1n) is 28.2. The van der Waals surface area contributed by atoms with Gasteiger partial charge in [-0.25, -0.2) is 29.9 Å². The topological polar surface area (TPSA) is 308 Å². The second-order valence-corrected chi connectivity index (χ2v) is 20.5. The number of imidazole rings is 6. The van der Waals surface area contributed by atoms with Gasteiger partial charge in [-0.1, -0.05) is 53.5 Å². The fraction of sp³-hybridized carbons (Fsp3) is 0.237. The van der Waals surface area contributed by atoms with Crippen molar-refractivity contribution in [1.29, 1.82) is 0 Å². The average molecular weight is 1900 g/mol. The van der Waals surface area contributed by atoms with Gasteiger partial charge in [0.25, 0.3) is 0 Å². The number of nitrogens with zero attached hydrogens (tertiary/aromatic N) is 27. The predicted octanol–water partition coefficient (Wildman–Crippen LogP) is 9.79. The van der Waals surface area contributed by atoms with Gasteiger partial charge in [0.1, 0.15) is 52.0 Å². The zero-order chi connectivity index (χ0) is 68.2.